The highest BCUT2D eigenvalue weighted by Gasteiger charge is 2.16. The third-order valence-electron chi connectivity index (χ3n) is 3.23. The van der Waals surface area contributed by atoms with Gasteiger partial charge in [0.05, 0.1) is 12.5 Å². The predicted octanol–water partition coefficient (Wildman–Crippen LogP) is 2.21. The molecule has 0 aliphatic carbocycles. The largest absolute Gasteiger partial charge is 0.355 e. The molecule has 0 spiro atoms. The minimum Gasteiger partial charge on any atom is -0.355 e. The molecule has 0 radical (unpaired) electrons. The Morgan fingerprint density at radius 3 is 2.75 bits per heavy atom. The van der Waals surface area contributed by atoms with Crippen LogP contribution in [0.1, 0.15) is 20.8 Å². The average molecular weight is 218 g/mol. The number of fused-ring (bicyclic) bond motifs is 1. The van der Waals surface area contributed by atoms with Gasteiger partial charge in [-0.15, -0.1) is 0 Å². The first-order valence-corrected chi connectivity index (χ1v) is 5.60. The highest BCUT2D eigenvalue weighted by atomic mass is 15.2. The normalized spacial score (nSPS) is 13.3. The van der Waals surface area contributed by atoms with Crippen molar-refractivity contribution < 1.29 is 0 Å². The zero-order valence-electron chi connectivity index (χ0n) is 10.3. The number of anilines is 1. The van der Waals surface area contributed by atoms with Gasteiger partial charge in [-0.3, -0.25) is 0 Å². The van der Waals surface area contributed by atoms with Crippen LogP contribution in [0.15, 0.2) is 24.9 Å². The summed E-state index contributed by atoms with van der Waals surface area (Å²) in [5, 5.41) is 0. The highest BCUT2D eigenvalue weighted by molar-refractivity contribution is 5.67. The lowest BCUT2D eigenvalue weighted by Crippen LogP contribution is -2.34. The molecule has 86 valence electrons. The molecule has 0 bridgehead atoms. The molecule has 16 heavy (non-hydrogen) atoms. The number of imidazole rings is 1. The van der Waals surface area contributed by atoms with Gasteiger partial charge in [-0.2, -0.15) is 0 Å². The van der Waals surface area contributed by atoms with Gasteiger partial charge >= 0.3 is 0 Å². The van der Waals surface area contributed by atoms with E-state index >= 15 is 0 Å². The van der Waals surface area contributed by atoms with Crippen molar-refractivity contribution in [3.8, 4) is 0 Å². The van der Waals surface area contributed by atoms with Crippen molar-refractivity contribution in [2.75, 3.05) is 11.9 Å². The maximum absolute atomic E-state index is 4.45. The second kappa shape index (κ2) is 4.12. The van der Waals surface area contributed by atoms with E-state index in [0.29, 0.717) is 12.0 Å². The van der Waals surface area contributed by atoms with Gasteiger partial charge < -0.3 is 9.30 Å². The Morgan fingerprint density at radius 2 is 2.06 bits per heavy atom. The molecule has 4 nitrogen and oxygen atoms in total. The van der Waals surface area contributed by atoms with Crippen LogP contribution in [-0.2, 0) is 0 Å². The molecule has 0 unspecified atom stereocenters. The fourth-order valence-corrected chi connectivity index (χ4v) is 1.75. The number of hydrogen-bond acceptors (Lipinski definition) is 3. The van der Waals surface area contributed by atoms with Gasteiger partial charge in [0.15, 0.2) is 5.82 Å². The van der Waals surface area contributed by atoms with Crippen LogP contribution in [-0.4, -0.2) is 27.5 Å². The maximum Gasteiger partial charge on any atom is 0.154 e. The van der Waals surface area contributed by atoms with Crippen LogP contribution in [0.25, 0.3) is 5.52 Å². The smallest absolute Gasteiger partial charge is 0.154 e. The standard InChI is InChI=1S/C12H18N4/c1-9(2)10(3)15(4)12-11-7-13-8-16(11)6-5-14-12/h5-10H,1-4H3/t10-/m0/s1. The minimum absolute atomic E-state index is 0.452. The zero-order valence-corrected chi connectivity index (χ0v) is 10.3. The zero-order chi connectivity index (χ0) is 11.7. The Morgan fingerprint density at radius 1 is 1.31 bits per heavy atom. The van der Waals surface area contributed by atoms with Crippen LogP contribution in [0.4, 0.5) is 5.82 Å². The molecule has 0 saturated carbocycles. The molecule has 2 aromatic rings. The Labute approximate surface area is 95.9 Å². The number of hydrogen-bond donors (Lipinski definition) is 0. The second-order valence-corrected chi connectivity index (χ2v) is 4.53. The Bertz CT molecular complexity index is 475. The van der Waals surface area contributed by atoms with Crippen molar-refractivity contribution in [1.29, 1.82) is 0 Å². The van der Waals surface area contributed by atoms with Gasteiger partial charge in [-0.1, -0.05) is 13.8 Å². The first-order valence-electron chi connectivity index (χ1n) is 5.60. The SMILES string of the molecule is CC(C)[C@H](C)N(C)c1nccn2cncc12. The van der Waals surface area contributed by atoms with E-state index in [9.17, 15) is 0 Å². The quantitative estimate of drug-likeness (QED) is 0.792. The summed E-state index contributed by atoms with van der Waals surface area (Å²) in [5.41, 5.74) is 1.05. The lowest BCUT2D eigenvalue weighted by molar-refractivity contribution is 0.503. The van der Waals surface area contributed by atoms with Crippen LogP contribution in [0.5, 0.6) is 0 Å². The molecule has 0 aliphatic rings. The van der Waals surface area contributed by atoms with Gasteiger partial charge in [0.2, 0.25) is 0 Å². The van der Waals surface area contributed by atoms with Gasteiger partial charge in [0, 0.05) is 25.5 Å². The van der Waals surface area contributed by atoms with Gasteiger partial charge in [-0.25, -0.2) is 9.97 Å². The summed E-state index contributed by atoms with van der Waals surface area (Å²) in [6, 6.07) is 0.452. The molecule has 2 aromatic heterocycles. The lowest BCUT2D eigenvalue weighted by atomic mass is 10.1. The van der Waals surface area contributed by atoms with E-state index in [1.165, 1.54) is 0 Å². The Balaban J connectivity index is 2.42. The van der Waals surface area contributed by atoms with E-state index in [1.807, 2.05) is 23.0 Å². The molecule has 2 heterocycles. The summed E-state index contributed by atoms with van der Waals surface area (Å²) < 4.78 is 1.99. The molecule has 0 fully saturated rings. The van der Waals surface area contributed by atoms with E-state index in [-0.39, 0.29) is 0 Å². The molecule has 2 rings (SSSR count). The van der Waals surface area contributed by atoms with Crippen LogP contribution in [0.3, 0.4) is 0 Å². The van der Waals surface area contributed by atoms with E-state index in [2.05, 4.69) is 42.7 Å². The topological polar surface area (TPSA) is 33.4 Å². The number of rotatable bonds is 3. The molecule has 0 aliphatic heterocycles. The number of nitrogens with zero attached hydrogens (tertiary/aromatic N) is 4. The van der Waals surface area contributed by atoms with Crippen molar-refractivity contribution in [1.82, 2.24) is 14.4 Å². The molecule has 0 N–H and O–H groups in total. The third-order valence-corrected chi connectivity index (χ3v) is 3.23. The van der Waals surface area contributed by atoms with E-state index in [1.54, 1.807) is 6.33 Å². The van der Waals surface area contributed by atoms with Crippen molar-refractivity contribution in [2.24, 2.45) is 5.92 Å². The molecule has 0 aromatic carbocycles. The van der Waals surface area contributed by atoms with E-state index < -0.39 is 0 Å². The molecular weight excluding hydrogens is 200 g/mol. The molecule has 4 heteroatoms. The predicted molar refractivity (Wildman–Crippen MR) is 65.7 cm³/mol. The summed E-state index contributed by atoms with van der Waals surface area (Å²) >= 11 is 0. The first-order chi connectivity index (χ1) is 7.61. The lowest BCUT2D eigenvalue weighted by Gasteiger charge is -2.29. The summed E-state index contributed by atoms with van der Waals surface area (Å²) in [5.74, 6) is 1.58. The molecule has 0 saturated heterocycles. The molecule has 1 atom stereocenters. The highest BCUT2D eigenvalue weighted by Crippen LogP contribution is 2.21. The molecule has 0 amide bonds. The first kappa shape index (κ1) is 10.9. The van der Waals surface area contributed by atoms with Gasteiger partial charge in [0.1, 0.15) is 5.52 Å². The maximum atomic E-state index is 4.45. The minimum atomic E-state index is 0.452. The molecular formula is C12H18N4. The monoisotopic (exact) mass is 218 g/mol. The van der Waals surface area contributed by atoms with E-state index in [4.69, 9.17) is 0 Å². The summed E-state index contributed by atoms with van der Waals surface area (Å²) in [4.78, 5) is 10.8. The van der Waals surface area contributed by atoms with Crippen molar-refractivity contribution in [2.45, 2.75) is 26.8 Å². The summed E-state index contributed by atoms with van der Waals surface area (Å²) in [6.07, 6.45) is 7.38. The Kier molecular flexibility index (Phi) is 2.81. The van der Waals surface area contributed by atoms with Crippen molar-refractivity contribution >= 4 is 11.3 Å². The third kappa shape index (κ3) is 1.75. The van der Waals surface area contributed by atoms with Crippen molar-refractivity contribution in [3.63, 3.8) is 0 Å². The summed E-state index contributed by atoms with van der Waals surface area (Å²) in [7, 11) is 2.08. The van der Waals surface area contributed by atoms with E-state index in [0.717, 1.165) is 11.3 Å². The second-order valence-electron chi connectivity index (χ2n) is 4.53. The van der Waals surface area contributed by atoms with Gasteiger partial charge in [-0.05, 0) is 12.8 Å². The van der Waals surface area contributed by atoms with Crippen LogP contribution < -0.4 is 4.90 Å². The fourth-order valence-electron chi connectivity index (χ4n) is 1.75. The van der Waals surface area contributed by atoms with Gasteiger partial charge in [0.25, 0.3) is 0 Å². The number of aromatic nitrogens is 3. The Hall–Kier alpha value is -1.58. The van der Waals surface area contributed by atoms with Crippen LogP contribution in [0.2, 0.25) is 0 Å². The van der Waals surface area contributed by atoms with Crippen LogP contribution in [0, 0.1) is 5.92 Å². The fraction of sp³-hybridized carbons (Fsp3) is 0.500. The van der Waals surface area contributed by atoms with Crippen LogP contribution >= 0.6 is 0 Å². The summed E-state index contributed by atoms with van der Waals surface area (Å²) in [6.45, 7) is 6.65. The average Bonchev–Trinajstić information content (AvgIpc) is 2.74. The van der Waals surface area contributed by atoms with Crippen molar-refractivity contribution in [3.05, 3.63) is 24.9 Å².